The van der Waals surface area contributed by atoms with Crippen LogP contribution >= 0.6 is 11.6 Å². The standard InChI is InChI=1S/C17H20ClFN2/c1-2-9-21-17(8-5-13-4-3-10-20-12-13)15-11-14(19)6-7-16(15)18/h3-4,6-7,10-12,17,21H,2,5,8-9H2,1H3. The molecule has 1 aromatic heterocycles. The number of pyridine rings is 1. The SMILES string of the molecule is CCCNC(CCc1cccnc1)c1cc(F)ccc1Cl. The summed E-state index contributed by atoms with van der Waals surface area (Å²) in [7, 11) is 0. The van der Waals surface area contributed by atoms with Gasteiger partial charge < -0.3 is 5.32 Å². The lowest BCUT2D eigenvalue weighted by Gasteiger charge is -2.20. The number of hydrogen-bond donors (Lipinski definition) is 1. The lowest BCUT2D eigenvalue weighted by Crippen LogP contribution is -2.23. The third kappa shape index (κ3) is 4.80. The Labute approximate surface area is 130 Å². The van der Waals surface area contributed by atoms with Gasteiger partial charge in [0.1, 0.15) is 5.82 Å². The average Bonchev–Trinajstić information content (AvgIpc) is 2.51. The van der Waals surface area contributed by atoms with E-state index in [9.17, 15) is 4.39 Å². The Morgan fingerprint density at radius 1 is 1.33 bits per heavy atom. The summed E-state index contributed by atoms with van der Waals surface area (Å²) in [6, 6.07) is 8.57. The summed E-state index contributed by atoms with van der Waals surface area (Å²) in [5, 5.41) is 4.06. The molecule has 1 heterocycles. The second-order valence-corrected chi connectivity index (χ2v) is 5.48. The van der Waals surface area contributed by atoms with Crippen LogP contribution < -0.4 is 5.32 Å². The van der Waals surface area contributed by atoms with E-state index in [-0.39, 0.29) is 11.9 Å². The molecule has 0 fully saturated rings. The smallest absolute Gasteiger partial charge is 0.123 e. The van der Waals surface area contributed by atoms with Gasteiger partial charge in [-0.15, -0.1) is 0 Å². The van der Waals surface area contributed by atoms with E-state index in [2.05, 4.69) is 23.3 Å². The van der Waals surface area contributed by atoms with E-state index >= 15 is 0 Å². The summed E-state index contributed by atoms with van der Waals surface area (Å²) >= 11 is 6.23. The van der Waals surface area contributed by atoms with E-state index < -0.39 is 0 Å². The number of aromatic nitrogens is 1. The maximum atomic E-state index is 13.5. The lowest BCUT2D eigenvalue weighted by molar-refractivity contribution is 0.495. The molecule has 2 aromatic rings. The molecule has 0 bridgehead atoms. The van der Waals surface area contributed by atoms with Crippen molar-refractivity contribution in [3.63, 3.8) is 0 Å². The molecule has 1 atom stereocenters. The summed E-state index contributed by atoms with van der Waals surface area (Å²) in [5.74, 6) is -0.251. The zero-order valence-corrected chi connectivity index (χ0v) is 12.9. The van der Waals surface area contributed by atoms with Crippen molar-refractivity contribution in [1.29, 1.82) is 0 Å². The zero-order chi connectivity index (χ0) is 15.1. The predicted octanol–water partition coefficient (Wildman–Crippen LogP) is 4.55. The molecule has 112 valence electrons. The molecule has 1 aromatic carbocycles. The number of hydrogen-bond acceptors (Lipinski definition) is 2. The number of halogens is 2. The van der Waals surface area contributed by atoms with Crippen molar-refractivity contribution < 1.29 is 4.39 Å². The van der Waals surface area contributed by atoms with Crippen LogP contribution in [0.25, 0.3) is 0 Å². The molecule has 0 aliphatic heterocycles. The molecular weight excluding hydrogens is 287 g/mol. The van der Waals surface area contributed by atoms with Crippen LogP contribution in [-0.2, 0) is 6.42 Å². The van der Waals surface area contributed by atoms with Gasteiger partial charge in [0.15, 0.2) is 0 Å². The molecule has 0 saturated carbocycles. The fraction of sp³-hybridized carbons (Fsp3) is 0.353. The molecule has 0 aliphatic carbocycles. The molecule has 0 saturated heterocycles. The van der Waals surface area contributed by atoms with Crippen LogP contribution in [-0.4, -0.2) is 11.5 Å². The first kappa shape index (κ1) is 15.9. The molecule has 0 aliphatic rings. The number of nitrogens with zero attached hydrogens (tertiary/aromatic N) is 1. The highest BCUT2D eigenvalue weighted by Crippen LogP contribution is 2.27. The van der Waals surface area contributed by atoms with E-state index in [1.807, 2.05) is 12.3 Å². The maximum Gasteiger partial charge on any atom is 0.123 e. The highest BCUT2D eigenvalue weighted by Gasteiger charge is 2.15. The number of benzene rings is 1. The van der Waals surface area contributed by atoms with Crippen LogP contribution in [0.2, 0.25) is 5.02 Å². The minimum Gasteiger partial charge on any atom is -0.310 e. The molecule has 2 nitrogen and oxygen atoms in total. The van der Waals surface area contributed by atoms with Crippen LogP contribution in [0.1, 0.15) is 36.9 Å². The van der Waals surface area contributed by atoms with Gasteiger partial charge in [-0.3, -0.25) is 4.98 Å². The summed E-state index contributed by atoms with van der Waals surface area (Å²) in [6.45, 7) is 2.99. The minimum atomic E-state index is -0.251. The number of nitrogens with one attached hydrogen (secondary N) is 1. The van der Waals surface area contributed by atoms with E-state index in [0.717, 1.165) is 31.4 Å². The fourth-order valence-corrected chi connectivity index (χ4v) is 2.57. The third-order valence-corrected chi connectivity index (χ3v) is 3.76. The average molecular weight is 307 g/mol. The van der Waals surface area contributed by atoms with Crippen LogP contribution in [0.5, 0.6) is 0 Å². The van der Waals surface area contributed by atoms with Crippen LogP contribution in [0.15, 0.2) is 42.7 Å². The third-order valence-electron chi connectivity index (χ3n) is 3.42. The number of rotatable bonds is 7. The fourth-order valence-electron chi connectivity index (χ4n) is 2.32. The van der Waals surface area contributed by atoms with Crippen LogP contribution in [0.4, 0.5) is 4.39 Å². The first-order valence-electron chi connectivity index (χ1n) is 7.28. The predicted molar refractivity (Wildman–Crippen MR) is 85.0 cm³/mol. The van der Waals surface area contributed by atoms with E-state index in [1.165, 1.54) is 17.7 Å². The van der Waals surface area contributed by atoms with Gasteiger partial charge in [0.2, 0.25) is 0 Å². The quantitative estimate of drug-likeness (QED) is 0.812. The van der Waals surface area contributed by atoms with E-state index in [1.54, 1.807) is 12.3 Å². The van der Waals surface area contributed by atoms with Crippen molar-refractivity contribution in [2.45, 2.75) is 32.2 Å². The van der Waals surface area contributed by atoms with Crippen molar-refractivity contribution in [2.24, 2.45) is 0 Å². The van der Waals surface area contributed by atoms with Gasteiger partial charge in [0.25, 0.3) is 0 Å². The Bertz CT molecular complexity index is 560. The van der Waals surface area contributed by atoms with Crippen molar-refractivity contribution >= 4 is 11.6 Å². The number of aryl methyl sites for hydroxylation is 1. The normalized spacial score (nSPS) is 12.3. The van der Waals surface area contributed by atoms with Gasteiger partial charge in [0, 0.05) is 23.5 Å². The van der Waals surface area contributed by atoms with Gasteiger partial charge in [-0.05, 0) is 61.2 Å². The molecule has 4 heteroatoms. The summed E-state index contributed by atoms with van der Waals surface area (Å²) in [6.07, 6.45) is 6.39. The monoisotopic (exact) mass is 306 g/mol. The van der Waals surface area contributed by atoms with Crippen molar-refractivity contribution in [1.82, 2.24) is 10.3 Å². The van der Waals surface area contributed by atoms with Gasteiger partial charge >= 0.3 is 0 Å². The summed E-state index contributed by atoms with van der Waals surface area (Å²) in [5.41, 5.74) is 2.00. The van der Waals surface area contributed by atoms with Gasteiger partial charge in [-0.2, -0.15) is 0 Å². The largest absolute Gasteiger partial charge is 0.310 e. The Kier molecular flexibility index (Phi) is 6.15. The highest BCUT2D eigenvalue weighted by atomic mass is 35.5. The second-order valence-electron chi connectivity index (χ2n) is 5.07. The first-order chi connectivity index (χ1) is 10.2. The summed E-state index contributed by atoms with van der Waals surface area (Å²) < 4.78 is 13.5. The van der Waals surface area contributed by atoms with E-state index in [4.69, 9.17) is 11.6 Å². The van der Waals surface area contributed by atoms with E-state index in [0.29, 0.717) is 5.02 Å². The first-order valence-corrected chi connectivity index (χ1v) is 7.65. The highest BCUT2D eigenvalue weighted by molar-refractivity contribution is 6.31. The molecule has 0 radical (unpaired) electrons. The van der Waals surface area contributed by atoms with Crippen molar-refractivity contribution in [3.8, 4) is 0 Å². The minimum absolute atomic E-state index is 0.0494. The van der Waals surface area contributed by atoms with Gasteiger partial charge in [-0.1, -0.05) is 24.6 Å². The lowest BCUT2D eigenvalue weighted by atomic mass is 9.99. The molecule has 1 N–H and O–H groups in total. The Balaban J connectivity index is 2.12. The second kappa shape index (κ2) is 8.11. The Morgan fingerprint density at radius 3 is 2.90 bits per heavy atom. The Morgan fingerprint density at radius 2 is 2.19 bits per heavy atom. The van der Waals surface area contributed by atoms with Gasteiger partial charge in [0.05, 0.1) is 0 Å². The molecule has 1 unspecified atom stereocenters. The van der Waals surface area contributed by atoms with Crippen molar-refractivity contribution in [3.05, 3.63) is 64.7 Å². The maximum absolute atomic E-state index is 13.5. The van der Waals surface area contributed by atoms with Gasteiger partial charge in [-0.25, -0.2) is 4.39 Å². The zero-order valence-electron chi connectivity index (χ0n) is 12.2. The molecule has 2 rings (SSSR count). The molecular formula is C17H20ClFN2. The van der Waals surface area contributed by atoms with Crippen LogP contribution in [0, 0.1) is 5.82 Å². The topological polar surface area (TPSA) is 24.9 Å². The molecule has 0 amide bonds. The van der Waals surface area contributed by atoms with Crippen LogP contribution in [0.3, 0.4) is 0 Å². The van der Waals surface area contributed by atoms with Crippen molar-refractivity contribution in [2.75, 3.05) is 6.54 Å². The molecule has 0 spiro atoms. The summed E-state index contributed by atoms with van der Waals surface area (Å²) in [4.78, 5) is 4.12. The Hall–Kier alpha value is -1.45. The molecule has 21 heavy (non-hydrogen) atoms.